The molecule has 0 unspecified atom stereocenters. The molecule has 0 spiro atoms. The Bertz CT molecular complexity index is 3360. The fourth-order valence-electron chi connectivity index (χ4n) is 9.38. The summed E-state index contributed by atoms with van der Waals surface area (Å²) in [5, 5.41) is 7.50. The fraction of sp³-hybridized carbons (Fsp3) is 0.0588. The van der Waals surface area contributed by atoms with Gasteiger partial charge in [0, 0.05) is 58.4 Å². The molecule has 11 aromatic rings. The van der Waals surface area contributed by atoms with Crippen molar-refractivity contribution in [3.63, 3.8) is 0 Å². The summed E-state index contributed by atoms with van der Waals surface area (Å²) in [6.07, 6.45) is 0. The van der Waals surface area contributed by atoms with Crippen molar-refractivity contribution in [2.24, 2.45) is 0 Å². The molecule has 3 aromatic heterocycles. The minimum Gasteiger partial charge on any atom is -0.455 e. The summed E-state index contributed by atoms with van der Waals surface area (Å²) >= 11 is 1.89. The summed E-state index contributed by atoms with van der Waals surface area (Å²) in [5.74, 6) is 0. The zero-order chi connectivity index (χ0) is 35.7. The molecule has 0 saturated heterocycles. The number of hydrogen-bond acceptors (Lipinski definition) is 2. The average molecular weight is 708 g/mol. The molecule has 2 nitrogen and oxygen atoms in total. The summed E-state index contributed by atoms with van der Waals surface area (Å²) in [5.41, 5.74) is 15.4. The van der Waals surface area contributed by atoms with Crippen LogP contribution >= 0.6 is 11.3 Å². The SMILES string of the molecule is CC1(C)c2cc(-n3c4ccc(-c5ccccc5)cc4c4cc(-c5cccc6c5sc5ccccc56)ccc43)ccc2-c2c1ccc1c2oc2ccccc21. The maximum absolute atomic E-state index is 6.60. The lowest BCUT2D eigenvalue weighted by atomic mass is 9.82. The highest BCUT2D eigenvalue weighted by molar-refractivity contribution is 7.26. The Kier molecular flexibility index (Phi) is 6.03. The van der Waals surface area contributed by atoms with E-state index in [2.05, 4.69) is 182 Å². The predicted molar refractivity (Wildman–Crippen MR) is 229 cm³/mol. The Morgan fingerprint density at radius 1 is 0.481 bits per heavy atom. The molecule has 0 saturated carbocycles. The lowest BCUT2D eigenvalue weighted by Gasteiger charge is -2.22. The molecule has 3 heterocycles. The van der Waals surface area contributed by atoms with Gasteiger partial charge in [0.1, 0.15) is 11.2 Å². The molecule has 8 aromatic carbocycles. The van der Waals surface area contributed by atoms with Crippen molar-refractivity contribution in [2.45, 2.75) is 19.3 Å². The van der Waals surface area contributed by atoms with Gasteiger partial charge in [-0.3, -0.25) is 0 Å². The molecule has 12 rings (SSSR count). The number of rotatable bonds is 3. The zero-order valence-electron chi connectivity index (χ0n) is 29.9. The van der Waals surface area contributed by atoms with Gasteiger partial charge in [-0.15, -0.1) is 11.3 Å². The predicted octanol–water partition coefficient (Wildman–Crippen LogP) is 14.7. The van der Waals surface area contributed by atoms with Crippen molar-refractivity contribution in [1.29, 1.82) is 0 Å². The number of fused-ring (bicyclic) bond motifs is 13. The van der Waals surface area contributed by atoms with Gasteiger partial charge in [0.2, 0.25) is 0 Å². The molecule has 1 aliphatic carbocycles. The van der Waals surface area contributed by atoms with Gasteiger partial charge >= 0.3 is 0 Å². The van der Waals surface area contributed by atoms with Crippen LogP contribution in [0, 0.1) is 0 Å². The van der Waals surface area contributed by atoms with Gasteiger partial charge in [0.15, 0.2) is 0 Å². The summed E-state index contributed by atoms with van der Waals surface area (Å²) < 4.78 is 11.7. The van der Waals surface area contributed by atoms with E-state index in [1.807, 2.05) is 11.3 Å². The number of benzene rings is 8. The van der Waals surface area contributed by atoms with Gasteiger partial charge in [-0.05, 0) is 87.5 Å². The van der Waals surface area contributed by atoms with Crippen molar-refractivity contribution in [3.05, 3.63) is 175 Å². The van der Waals surface area contributed by atoms with Crippen LogP contribution in [-0.4, -0.2) is 4.57 Å². The molecule has 0 radical (unpaired) electrons. The Balaban J connectivity index is 1.09. The minimum atomic E-state index is -0.191. The van der Waals surface area contributed by atoms with Crippen LogP contribution < -0.4 is 0 Å². The molecule has 3 heteroatoms. The number of para-hydroxylation sites is 1. The van der Waals surface area contributed by atoms with Crippen LogP contribution in [-0.2, 0) is 5.41 Å². The van der Waals surface area contributed by atoms with Crippen LogP contribution in [0.3, 0.4) is 0 Å². The minimum absolute atomic E-state index is 0.191. The molecule has 0 fully saturated rings. The van der Waals surface area contributed by atoms with E-state index in [4.69, 9.17) is 4.42 Å². The lowest BCUT2D eigenvalue weighted by molar-refractivity contribution is 0.653. The first-order valence-electron chi connectivity index (χ1n) is 18.7. The van der Waals surface area contributed by atoms with E-state index >= 15 is 0 Å². The van der Waals surface area contributed by atoms with E-state index in [0.29, 0.717) is 0 Å². The second-order valence-corrected chi connectivity index (χ2v) is 16.3. The van der Waals surface area contributed by atoms with Crippen molar-refractivity contribution in [1.82, 2.24) is 4.57 Å². The number of thiophene rings is 1. The largest absolute Gasteiger partial charge is 0.455 e. The highest BCUT2D eigenvalue weighted by Crippen LogP contribution is 2.53. The summed E-state index contributed by atoms with van der Waals surface area (Å²) in [6.45, 7) is 4.71. The lowest BCUT2D eigenvalue weighted by Crippen LogP contribution is -2.15. The Morgan fingerprint density at radius 2 is 1.20 bits per heavy atom. The first-order valence-corrected chi connectivity index (χ1v) is 19.5. The third kappa shape index (κ3) is 4.05. The second kappa shape index (κ2) is 10.8. The molecule has 0 N–H and O–H groups in total. The fourth-order valence-corrected chi connectivity index (χ4v) is 10.6. The van der Waals surface area contributed by atoms with Crippen molar-refractivity contribution >= 4 is 75.3 Å². The topological polar surface area (TPSA) is 18.1 Å². The third-order valence-electron chi connectivity index (χ3n) is 12.0. The number of aromatic nitrogens is 1. The first-order chi connectivity index (χ1) is 26.5. The van der Waals surface area contributed by atoms with Gasteiger partial charge in [0.05, 0.1) is 11.0 Å². The summed E-state index contributed by atoms with van der Waals surface area (Å²) in [7, 11) is 0. The van der Waals surface area contributed by atoms with Gasteiger partial charge in [-0.2, -0.15) is 0 Å². The van der Waals surface area contributed by atoms with E-state index in [0.717, 1.165) is 11.2 Å². The van der Waals surface area contributed by atoms with Gasteiger partial charge in [-0.25, -0.2) is 0 Å². The molecule has 254 valence electrons. The monoisotopic (exact) mass is 707 g/mol. The standard InChI is InChI=1S/C51H33NOS/c1-51(2)42-24-23-37-35-13-6-8-17-46(35)53-49(37)48(42)39-22-21-33(29-43(39)51)52-44-25-19-31(30-11-4-3-5-12-30)27-40(44)41-28-32(20-26-45(41)52)34-15-10-16-38-36-14-7-9-18-47(36)54-50(34)38/h3-29H,1-2H3. The maximum Gasteiger partial charge on any atom is 0.143 e. The number of hydrogen-bond donors (Lipinski definition) is 0. The Labute approximate surface area is 316 Å². The van der Waals surface area contributed by atoms with E-state index in [1.54, 1.807) is 0 Å². The van der Waals surface area contributed by atoms with Crippen LogP contribution in [0.1, 0.15) is 25.0 Å². The van der Waals surface area contributed by atoms with Gasteiger partial charge < -0.3 is 8.98 Å². The molecule has 0 atom stereocenters. The first kappa shape index (κ1) is 30.1. The second-order valence-electron chi connectivity index (χ2n) is 15.3. The molecular weight excluding hydrogens is 675 g/mol. The maximum atomic E-state index is 6.60. The van der Waals surface area contributed by atoms with Gasteiger partial charge in [-0.1, -0.05) is 129 Å². The van der Waals surface area contributed by atoms with Crippen molar-refractivity contribution in [3.8, 4) is 39.1 Å². The van der Waals surface area contributed by atoms with E-state index < -0.39 is 0 Å². The van der Waals surface area contributed by atoms with Crippen LogP contribution in [0.25, 0.3) is 103 Å². The number of furan rings is 1. The van der Waals surface area contributed by atoms with E-state index in [9.17, 15) is 0 Å². The van der Waals surface area contributed by atoms with Crippen molar-refractivity contribution in [2.75, 3.05) is 0 Å². The summed E-state index contributed by atoms with van der Waals surface area (Å²) in [4.78, 5) is 0. The van der Waals surface area contributed by atoms with Crippen LogP contribution in [0.15, 0.2) is 168 Å². The van der Waals surface area contributed by atoms with E-state index in [1.165, 1.54) is 103 Å². The zero-order valence-corrected chi connectivity index (χ0v) is 30.7. The molecule has 0 bridgehead atoms. The highest BCUT2D eigenvalue weighted by atomic mass is 32.1. The Morgan fingerprint density at radius 3 is 2.06 bits per heavy atom. The van der Waals surface area contributed by atoms with E-state index in [-0.39, 0.29) is 5.41 Å². The number of nitrogens with zero attached hydrogens (tertiary/aromatic N) is 1. The van der Waals surface area contributed by atoms with Crippen molar-refractivity contribution < 1.29 is 4.42 Å². The Hall–Kier alpha value is -6.42. The molecule has 0 amide bonds. The van der Waals surface area contributed by atoms with Crippen LogP contribution in [0.2, 0.25) is 0 Å². The third-order valence-corrected chi connectivity index (χ3v) is 13.2. The normalized spacial score (nSPS) is 13.5. The summed E-state index contributed by atoms with van der Waals surface area (Å²) in [6, 6.07) is 60.3. The molecule has 0 aliphatic heterocycles. The van der Waals surface area contributed by atoms with Crippen LogP contribution in [0.4, 0.5) is 0 Å². The quantitative estimate of drug-likeness (QED) is 0.179. The van der Waals surface area contributed by atoms with Crippen LogP contribution in [0.5, 0.6) is 0 Å². The molecule has 1 aliphatic rings. The molecular formula is C51H33NOS. The van der Waals surface area contributed by atoms with Gasteiger partial charge in [0.25, 0.3) is 0 Å². The smallest absolute Gasteiger partial charge is 0.143 e. The molecule has 54 heavy (non-hydrogen) atoms. The highest BCUT2D eigenvalue weighted by Gasteiger charge is 2.38. The average Bonchev–Trinajstić information content (AvgIpc) is 3.94.